The molecule has 0 saturated heterocycles. The summed E-state index contributed by atoms with van der Waals surface area (Å²) >= 11 is 0. The van der Waals surface area contributed by atoms with Gasteiger partial charge in [0.1, 0.15) is 0 Å². The van der Waals surface area contributed by atoms with Crippen molar-refractivity contribution in [1.29, 1.82) is 0 Å². The van der Waals surface area contributed by atoms with Crippen LogP contribution in [0, 0.1) is 11.3 Å². The molecule has 0 unspecified atom stereocenters. The van der Waals surface area contributed by atoms with Gasteiger partial charge in [-0.2, -0.15) is 0 Å². The standard InChI is InChI=1S/C13H27NO/c1-10-7-12(9-13(3,4)8-10)14-6-5-11(2)15/h10-12,14-15H,5-9H2,1-4H3/t10-,11+,12+/m1/s1. The first-order valence-electron chi connectivity index (χ1n) is 6.30. The van der Waals surface area contributed by atoms with Crippen LogP contribution >= 0.6 is 0 Å². The molecule has 0 aromatic heterocycles. The lowest BCUT2D eigenvalue weighted by Crippen LogP contribution is -2.40. The minimum absolute atomic E-state index is 0.175. The second-order valence-electron chi connectivity index (χ2n) is 6.20. The van der Waals surface area contributed by atoms with Gasteiger partial charge in [-0.25, -0.2) is 0 Å². The lowest BCUT2D eigenvalue weighted by molar-refractivity contribution is 0.143. The van der Waals surface area contributed by atoms with E-state index >= 15 is 0 Å². The summed E-state index contributed by atoms with van der Waals surface area (Å²) in [5.41, 5.74) is 0.486. The minimum Gasteiger partial charge on any atom is -0.393 e. The molecular weight excluding hydrogens is 186 g/mol. The summed E-state index contributed by atoms with van der Waals surface area (Å²) in [6, 6.07) is 0.655. The Morgan fingerprint density at radius 1 is 1.40 bits per heavy atom. The van der Waals surface area contributed by atoms with Crippen molar-refractivity contribution in [3.8, 4) is 0 Å². The van der Waals surface area contributed by atoms with E-state index in [1.54, 1.807) is 0 Å². The zero-order chi connectivity index (χ0) is 11.5. The molecule has 15 heavy (non-hydrogen) atoms. The molecule has 2 nitrogen and oxygen atoms in total. The molecule has 0 aliphatic heterocycles. The Morgan fingerprint density at radius 3 is 2.60 bits per heavy atom. The van der Waals surface area contributed by atoms with Crippen LogP contribution in [0.25, 0.3) is 0 Å². The van der Waals surface area contributed by atoms with Crippen molar-refractivity contribution < 1.29 is 5.11 Å². The Balaban J connectivity index is 2.29. The molecule has 0 spiro atoms. The molecule has 0 aromatic rings. The van der Waals surface area contributed by atoms with Crippen LogP contribution < -0.4 is 5.32 Å². The predicted octanol–water partition coefficient (Wildman–Crippen LogP) is 2.56. The largest absolute Gasteiger partial charge is 0.393 e. The third-order valence-electron chi connectivity index (χ3n) is 3.38. The van der Waals surface area contributed by atoms with Gasteiger partial charge in [0.2, 0.25) is 0 Å². The SMILES string of the molecule is C[C@@H]1C[C@H](NCC[C@H](C)O)CC(C)(C)C1. The van der Waals surface area contributed by atoms with E-state index in [4.69, 9.17) is 0 Å². The van der Waals surface area contributed by atoms with Gasteiger partial charge in [-0.3, -0.25) is 0 Å². The summed E-state index contributed by atoms with van der Waals surface area (Å²) in [6.45, 7) is 9.89. The molecule has 0 bridgehead atoms. The summed E-state index contributed by atoms with van der Waals surface area (Å²) in [4.78, 5) is 0. The minimum atomic E-state index is -0.175. The summed E-state index contributed by atoms with van der Waals surface area (Å²) in [6.07, 6.45) is 4.61. The van der Waals surface area contributed by atoms with Crippen molar-refractivity contribution in [2.24, 2.45) is 11.3 Å². The highest BCUT2D eigenvalue weighted by Crippen LogP contribution is 2.38. The van der Waals surface area contributed by atoms with E-state index in [2.05, 4.69) is 26.1 Å². The lowest BCUT2D eigenvalue weighted by Gasteiger charge is -2.39. The van der Waals surface area contributed by atoms with Crippen molar-refractivity contribution >= 4 is 0 Å². The van der Waals surface area contributed by atoms with Gasteiger partial charge in [0.25, 0.3) is 0 Å². The number of rotatable bonds is 4. The summed E-state index contributed by atoms with van der Waals surface area (Å²) in [5.74, 6) is 0.831. The highest BCUT2D eigenvalue weighted by molar-refractivity contribution is 4.86. The van der Waals surface area contributed by atoms with Crippen LogP contribution in [0.15, 0.2) is 0 Å². The number of hydrogen-bond acceptors (Lipinski definition) is 2. The van der Waals surface area contributed by atoms with Crippen LogP contribution in [0.2, 0.25) is 0 Å². The third kappa shape index (κ3) is 4.98. The van der Waals surface area contributed by atoms with Crippen LogP contribution in [-0.2, 0) is 0 Å². The Hall–Kier alpha value is -0.0800. The van der Waals surface area contributed by atoms with Gasteiger partial charge in [-0.05, 0) is 50.5 Å². The molecule has 1 rings (SSSR count). The maximum Gasteiger partial charge on any atom is 0.0524 e. The normalized spacial score (nSPS) is 32.6. The van der Waals surface area contributed by atoms with Crippen molar-refractivity contribution in [2.75, 3.05) is 6.54 Å². The van der Waals surface area contributed by atoms with Crippen molar-refractivity contribution in [3.05, 3.63) is 0 Å². The van der Waals surface area contributed by atoms with Gasteiger partial charge in [0, 0.05) is 6.04 Å². The van der Waals surface area contributed by atoms with Gasteiger partial charge in [-0.1, -0.05) is 20.8 Å². The van der Waals surface area contributed by atoms with Gasteiger partial charge >= 0.3 is 0 Å². The smallest absolute Gasteiger partial charge is 0.0524 e. The fourth-order valence-electron chi connectivity index (χ4n) is 3.00. The first kappa shape index (κ1) is 13.0. The molecule has 1 aliphatic carbocycles. The first-order chi connectivity index (χ1) is 6.89. The molecular formula is C13H27NO. The second-order valence-corrected chi connectivity index (χ2v) is 6.20. The van der Waals surface area contributed by atoms with Gasteiger partial charge in [0.05, 0.1) is 6.10 Å². The highest BCUT2D eigenvalue weighted by atomic mass is 16.3. The Labute approximate surface area is 94.5 Å². The summed E-state index contributed by atoms with van der Waals surface area (Å²) < 4.78 is 0. The molecule has 0 amide bonds. The molecule has 3 atom stereocenters. The van der Waals surface area contributed by atoms with E-state index in [0.717, 1.165) is 18.9 Å². The number of hydrogen-bond donors (Lipinski definition) is 2. The van der Waals surface area contributed by atoms with E-state index in [1.165, 1.54) is 19.3 Å². The second kappa shape index (κ2) is 5.31. The Morgan fingerprint density at radius 2 is 2.07 bits per heavy atom. The van der Waals surface area contributed by atoms with E-state index in [1.807, 2.05) is 6.92 Å². The Bertz CT molecular complexity index is 189. The molecule has 0 radical (unpaired) electrons. The van der Waals surface area contributed by atoms with Crippen molar-refractivity contribution in [3.63, 3.8) is 0 Å². The van der Waals surface area contributed by atoms with Crippen LogP contribution in [0.3, 0.4) is 0 Å². The summed E-state index contributed by atoms with van der Waals surface area (Å²) in [5, 5.41) is 12.8. The monoisotopic (exact) mass is 213 g/mol. The van der Waals surface area contributed by atoms with Gasteiger partial charge in [-0.15, -0.1) is 0 Å². The molecule has 1 aliphatic rings. The molecule has 0 heterocycles. The number of nitrogens with one attached hydrogen (secondary N) is 1. The average molecular weight is 213 g/mol. The Kier molecular flexibility index (Phi) is 4.60. The molecule has 1 fully saturated rings. The van der Waals surface area contributed by atoms with E-state index < -0.39 is 0 Å². The number of aliphatic hydroxyl groups is 1. The maximum atomic E-state index is 9.20. The average Bonchev–Trinajstić information content (AvgIpc) is 1.98. The predicted molar refractivity (Wildman–Crippen MR) is 64.9 cm³/mol. The topological polar surface area (TPSA) is 32.3 Å². The number of aliphatic hydroxyl groups excluding tert-OH is 1. The fourth-order valence-corrected chi connectivity index (χ4v) is 3.00. The fraction of sp³-hybridized carbons (Fsp3) is 1.00. The lowest BCUT2D eigenvalue weighted by atomic mass is 9.70. The molecule has 1 saturated carbocycles. The van der Waals surface area contributed by atoms with Crippen LogP contribution in [0.5, 0.6) is 0 Å². The van der Waals surface area contributed by atoms with Crippen molar-refractivity contribution in [2.45, 2.75) is 65.5 Å². The molecule has 2 N–H and O–H groups in total. The van der Waals surface area contributed by atoms with E-state index in [0.29, 0.717) is 11.5 Å². The summed E-state index contributed by atoms with van der Waals surface area (Å²) in [7, 11) is 0. The molecule has 2 heteroatoms. The van der Waals surface area contributed by atoms with Crippen molar-refractivity contribution in [1.82, 2.24) is 5.32 Å². The van der Waals surface area contributed by atoms with Gasteiger partial charge in [0.15, 0.2) is 0 Å². The zero-order valence-corrected chi connectivity index (χ0v) is 10.7. The maximum absolute atomic E-state index is 9.20. The third-order valence-corrected chi connectivity index (χ3v) is 3.38. The van der Waals surface area contributed by atoms with Gasteiger partial charge < -0.3 is 10.4 Å². The van der Waals surface area contributed by atoms with E-state index in [9.17, 15) is 5.11 Å². The molecule has 0 aromatic carbocycles. The first-order valence-corrected chi connectivity index (χ1v) is 6.30. The van der Waals surface area contributed by atoms with Crippen LogP contribution in [0.4, 0.5) is 0 Å². The van der Waals surface area contributed by atoms with Crippen LogP contribution in [-0.4, -0.2) is 23.8 Å². The quantitative estimate of drug-likeness (QED) is 0.752. The zero-order valence-electron chi connectivity index (χ0n) is 10.7. The highest BCUT2D eigenvalue weighted by Gasteiger charge is 2.31. The van der Waals surface area contributed by atoms with E-state index in [-0.39, 0.29) is 6.10 Å². The molecule has 90 valence electrons. The van der Waals surface area contributed by atoms with Crippen LogP contribution in [0.1, 0.15) is 53.4 Å².